The molecule has 0 saturated heterocycles. The molecule has 1 unspecified atom stereocenters. The first-order chi connectivity index (χ1) is 17.0. The maximum atomic E-state index is 15.2. The lowest BCUT2D eigenvalue weighted by atomic mass is 9.97. The Morgan fingerprint density at radius 3 is 2.47 bits per heavy atom. The van der Waals surface area contributed by atoms with E-state index in [2.05, 4.69) is 10.2 Å². The zero-order valence-corrected chi connectivity index (χ0v) is 21.7. The number of H-pyrrole nitrogens is 1. The van der Waals surface area contributed by atoms with Crippen LogP contribution in [0.25, 0.3) is 22.2 Å². The number of halogens is 2. The number of imidazole rings is 1. The monoisotopic (exact) mass is 512 g/mol. The van der Waals surface area contributed by atoms with Crippen molar-refractivity contribution in [1.29, 1.82) is 0 Å². The lowest BCUT2D eigenvalue weighted by Gasteiger charge is -2.39. The summed E-state index contributed by atoms with van der Waals surface area (Å²) < 4.78 is 17.1. The van der Waals surface area contributed by atoms with Gasteiger partial charge in [-0.25, -0.2) is 14.2 Å². The van der Waals surface area contributed by atoms with E-state index in [1.807, 2.05) is 56.5 Å². The molecule has 0 aliphatic rings. The van der Waals surface area contributed by atoms with Crippen LogP contribution in [0.2, 0.25) is 5.02 Å². The van der Waals surface area contributed by atoms with E-state index in [0.717, 1.165) is 0 Å². The number of hydrogen-bond donors (Lipinski definition) is 2. The quantitative estimate of drug-likeness (QED) is 0.334. The Morgan fingerprint density at radius 1 is 1.22 bits per heavy atom. The summed E-state index contributed by atoms with van der Waals surface area (Å²) in [4.78, 5) is 20.9. The van der Waals surface area contributed by atoms with Crippen molar-refractivity contribution in [3.63, 3.8) is 0 Å². The highest BCUT2D eigenvalue weighted by molar-refractivity contribution is 6.30. The molecule has 10 heteroatoms. The highest BCUT2D eigenvalue weighted by Crippen LogP contribution is 2.37. The molecule has 2 aromatic carbocycles. The molecule has 4 rings (SSSR count). The Hall–Kier alpha value is -3.43. The minimum absolute atomic E-state index is 0.391. The second kappa shape index (κ2) is 9.91. The lowest BCUT2D eigenvalue weighted by Crippen LogP contribution is -2.48. The molecule has 8 nitrogen and oxygen atoms in total. The van der Waals surface area contributed by atoms with Crippen molar-refractivity contribution in [3.05, 3.63) is 71.0 Å². The average Bonchev–Trinajstić information content (AvgIpc) is 3.42. The second-order valence-electron chi connectivity index (χ2n) is 10.0. The molecule has 1 amide bonds. The van der Waals surface area contributed by atoms with Crippen LogP contribution < -0.4 is 0 Å². The third-order valence-electron chi connectivity index (χ3n) is 6.06. The van der Waals surface area contributed by atoms with Crippen LogP contribution in [0.4, 0.5) is 9.18 Å². The molecule has 0 bridgehead atoms. The molecular formula is C26H30ClFN6O2. The van der Waals surface area contributed by atoms with Crippen LogP contribution in [0.5, 0.6) is 0 Å². The van der Waals surface area contributed by atoms with Crippen molar-refractivity contribution in [2.75, 3.05) is 20.6 Å². The molecule has 36 heavy (non-hydrogen) atoms. The van der Waals surface area contributed by atoms with Crippen molar-refractivity contribution < 1.29 is 14.3 Å². The molecule has 2 heterocycles. The van der Waals surface area contributed by atoms with E-state index in [4.69, 9.17) is 16.6 Å². The summed E-state index contributed by atoms with van der Waals surface area (Å²) in [5.41, 5.74) is 2.13. The van der Waals surface area contributed by atoms with Crippen molar-refractivity contribution >= 4 is 28.7 Å². The van der Waals surface area contributed by atoms with Gasteiger partial charge in [-0.15, -0.1) is 0 Å². The van der Waals surface area contributed by atoms with Gasteiger partial charge in [0.25, 0.3) is 0 Å². The minimum Gasteiger partial charge on any atom is -0.465 e. The summed E-state index contributed by atoms with van der Waals surface area (Å²) in [6.07, 6.45) is 2.11. The van der Waals surface area contributed by atoms with E-state index in [9.17, 15) is 9.90 Å². The molecule has 2 aromatic heterocycles. The molecular weight excluding hydrogens is 483 g/mol. The van der Waals surface area contributed by atoms with Gasteiger partial charge < -0.3 is 14.6 Å². The van der Waals surface area contributed by atoms with Crippen LogP contribution in [0.3, 0.4) is 0 Å². The van der Waals surface area contributed by atoms with Crippen LogP contribution in [-0.4, -0.2) is 66.9 Å². The SMILES string of the molecule is CN(C)CCn1c(C(c2ccc(Cl)cc2)N(C(=O)O)C(C)(C)C)nc2cc(F)c(-c3cn[nH]c3)cc21. The number of nitrogens with zero attached hydrogens (tertiary/aromatic N) is 5. The van der Waals surface area contributed by atoms with Gasteiger partial charge in [0, 0.05) is 47.0 Å². The van der Waals surface area contributed by atoms with Crippen LogP contribution in [0.1, 0.15) is 38.2 Å². The number of likely N-dealkylation sites (N-methyl/N-ethyl adjacent to an activating group) is 1. The Morgan fingerprint density at radius 2 is 1.92 bits per heavy atom. The van der Waals surface area contributed by atoms with Crippen LogP contribution in [0, 0.1) is 5.82 Å². The first-order valence-electron chi connectivity index (χ1n) is 11.6. The number of carbonyl (C=O) groups is 1. The predicted molar refractivity (Wildman–Crippen MR) is 139 cm³/mol. The van der Waals surface area contributed by atoms with E-state index >= 15 is 4.39 Å². The third-order valence-corrected chi connectivity index (χ3v) is 6.32. The first kappa shape index (κ1) is 25.7. The van der Waals surface area contributed by atoms with Gasteiger partial charge in [-0.05, 0) is 58.6 Å². The van der Waals surface area contributed by atoms with Crippen molar-refractivity contribution in [1.82, 2.24) is 29.5 Å². The number of rotatable bonds is 7. The van der Waals surface area contributed by atoms with E-state index in [-0.39, 0.29) is 0 Å². The van der Waals surface area contributed by atoms with Gasteiger partial charge in [0.15, 0.2) is 0 Å². The van der Waals surface area contributed by atoms with E-state index in [0.29, 0.717) is 51.7 Å². The van der Waals surface area contributed by atoms with Crippen LogP contribution in [0.15, 0.2) is 48.8 Å². The Bertz CT molecular complexity index is 1360. The molecule has 0 aliphatic heterocycles. The molecule has 190 valence electrons. The zero-order chi connectivity index (χ0) is 26.2. The molecule has 0 spiro atoms. The summed E-state index contributed by atoms with van der Waals surface area (Å²) in [6.45, 7) is 6.72. The average molecular weight is 513 g/mol. The number of aromatic amines is 1. The highest BCUT2D eigenvalue weighted by Gasteiger charge is 2.38. The molecule has 1 atom stereocenters. The fraction of sp³-hybridized carbons (Fsp3) is 0.346. The number of carboxylic acid groups (broad SMARTS) is 1. The Balaban J connectivity index is 2.02. The summed E-state index contributed by atoms with van der Waals surface area (Å²) >= 11 is 6.15. The maximum absolute atomic E-state index is 15.2. The summed E-state index contributed by atoms with van der Waals surface area (Å²) in [6, 6.07) is 9.47. The summed E-state index contributed by atoms with van der Waals surface area (Å²) in [5, 5.41) is 17.6. The molecule has 2 N–H and O–H groups in total. The van der Waals surface area contributed by atoms with Crippen LogP contribution >= 0.6 is 11.6 Å². The number of amides is 1. The summed E-state index contributed by atoms with van der Waals surface area (Å²) in [7, 11) is 3.93. The van der Waals surface area contributed by atoms with Crippen molar-refractivity contribution in [2.24, 2.45) is 0 Å². The van der Waals surface area contributed by atoms with Gasteiger partial charge in [0.05, 0.1) is 17.2 Å². The molecule has 4 aromatic rings. The lowest BCUT2D eigenvalue weighted by molar-refractivity contribution is 0.0776. The number of hydrogen-bond acceptors (Lipinski definition) is 4. The maximum Gasteiger partial charge on any atom is 0.408 e. The standard InChI is InChI=1S/C26H30ClFN6O2/c1-26(2,3)34(25(35)36)23(16-6-8-18(27)9-7-16)24-31-21-13-20(28)19(17-14-29-30-15-17)12-22(21)33(24)11-10-32(4)5/h6-9,12-15,23H,10-11H2,1-5H3,(H,29,30)(H,35,36). The second-order valence-corrected chi connectivity index (χ2v) is 10.4. The number of benzene rings is 2. The smallest absolute Gasteiger partial charge is 0.408 e. The first-order valence-corrected chi connectivity index (χ1v) is 12.0. The zero-order valence-electron chi connectivity index (χ0n) is 21.0. The molecule has 0 saturated carbocycles. The van der Waals surface area contributed by atoms with Gasteiger partial charge in [-0.3, -0.25) is 10.00 Å². The fourth-order valence-electron chi connectivity index (χ4n) is 4.37. The molecule has 0 aliphatic carbocycles. The Kier molecular flexibility index (Phi) is 7.06. The highest BCUT2D eigenvalue weighted by atomic mass is 35.5. The predicted octanol–water partition coefficient (Wildman–Crippen LogP) is 5.65. The largest absolute Gasteiger partial charge is 0.465 e. The van der Waals surface area contributed by atoms with Crippen LogP contribution in [-0.2, 0) is 6.54 Å². The van der Waals surface area contributed by atoms with Gasteiger partial charge >= 0.3 is 6.09 Å². The van der Waals surface area contributed by atoms with E-state index in [1.54, 1.807) is 30.6 Å². The van der Waals surface area contributed by atoms with Gasteiger partial charge in [-0.2, -0.15) is 5.10 Å². The molecule has 0 fully saturated rings. The number of nitrogens with one attached hydrogen (secondary N) is 1. The topological polar surface area (TPSA) is 90.3 Å². The molecule has 0 radical (unpaired) electrons. The van der Waals surface area contributed by atoms with E-state index < -0.39 is 23.5 Å². The van der Waals surface area contributed by atoms with Crippen molar-refractivity contribution in [3.8, 4) is 11.1 Å². The van der Waals surface area contributed by atoms with Crippen molar-refractivity contribution in [2.45, 2.75) is 38.9 Å². The fourth-order valence-corrected chi connectivity index (χ4v) is 4.50. The number of aromatic nitrogens is 4. The minimum atomic E-state index is -1.08. The van der Waals surface area contributed by atoms with Gasteiger partial charge in [0.1, 0.15) is 17.7 Å². The van der Waals surface area contributed by atoms with Gasteiger partial charge in [0.2, 0.25) is 0 Å². The van der Waals surface area contributed by atoms with Gasteiger partial charge in [-0.1, -0.05) is 23.7 Å². The normalized spacial score (nSPS) is 12.9. The summed E-state index contributed by atoms with van der Waals surface area (Å²) in [5.74, 6) is 0.0805. The Labute approximate surface area is 214 Å². The third kappa shape index (κ3) is 5.08. The van der Waals surface area contributed by atoms with E-state index in [1.165, 1.54) is 11.0 Å². The number of fused-ring (bicyclic) bond motifs is 1.